The maximum atomic E-state index is 13.3. The van der Waals surface area contributed by atoms with Gasteiger partial charge >= 0.3 is 0 Å². The normalized spacial score (nSPS) is 17.9. The fourth-order valence-corrected chi connectivity index (χ4v) is 10.1. The van der Waals surface area contributed by atoms with E-state index in [4.69, 9.17) is 84.5 Å². The molecule has 6 aliphatic rings. The van der Waals surface area contributed by atoms with E-state index in [-0.39, 0.29) is 15.6 Å². The second-order valence-electron chi connectivity index (χ2n) is 12.7. The molecule has 0 atom stereocenters. The van der Waals surface area contributed by atoms with Crippen molar-refractivity contribution in [1.82, 2.24) is 15.0 Å². The van der Waals surface area contributed by atoms with Gasteiger partial charge in [-0.05, 0) is 23.8 Å². The lowest BCUT2D eigenvalue weighted by Crippen LogP contribution is -2.31. The minimum Gasteiger partial charge on any atom is -0.324 e. The van der Waals surface area contributed by atoms with Crippen LogP contribution in [0.3, 0.4) is 0 Å². The number of benzene rings is 1. The number of H-pyrrole nitrogens is 3. The SMILES string of the molecule is O=S(=O)(Cl)C1=C(c2ccccc2)C=c2c(c3[nH]c2=NC2=C4C(=S)C=CC=C4C(=N2)N=c2[nH]c(c4c2C(=S)CC=C4)=Nc2[nH]c(c4c2C(=S)C=CC=4)=N3)C1=S. The Labute approximate surface area is 330 Å². The van der Waals surface area contributed by atoms with Gasteiger partial charge in [0, 0.05) is 81.1 Å². The van der Waals surface area contributed by atoms with Gasteiger partial charge in [-0.1, -0.05) is 116 Å². The fourth-order valence-electron chi connectivity index (χ4n) is 7.19. The van der Waals surface area contributed by atoms with Crippen LogP contribution in [0.1, 0.15) is 34.2 Å². The Kier molecular flexibility index (Phi) is 7.47. The van der Waals surface area contributed by atoms with Gasteiger partial charge in [0.2, 0.25) is 0 Å². The van der Waals surface area contributed by atoms with Crippen molar-refractivity contribution in [2.24, 2.45) is 25.0 Å². The number of nitrogens with one attached hydrogen (secondary N) is 3. The van der Waals surface area contributed by atoms with Gasteiger partial charge in [-0.15, -0.1) is 0 Å². The van der Waals surface area contributed by atoms with E-state index in [9.17, 15) is 8.42 Å². The van der Waals surface area contributed by atoms with E-state index in [1.807, 2.05) is 48.6 Å². The summed E-state index contributed by atoms with van der Waals surface area (Å²) in [5, 5.41) is 1.18. The second-order valence-corrected chi connectivity index (χ2v) is 16.9. The highest BCUT2D eigenvalue weighted by Gasteiger charge is 2.33. The van der Waals surface area contributed by atoms with Crippen LogP contribution >= 0.6 is 59.6 Å². The molecule has 8 bridgehead atoms. The van der Waals surface area contributed by atoms with Crippen LogP contribution in [0.2, 0.25) is 0 Å². The summed E-state index contributed by atoms with van der Waals surface area (Å²) in [7, 11) is 1.79. The highest BCUT2D eigenvalue weighted by atomic mass is 35.7. The Bertz CT molecular complexity index is 3330. The number of thiocarbonyl (C=S) groups is 4. The molecule has 0 saturated heterocycles. The number of nitrogens with zero attached hydrogens (tertiary/aromatic N) is 5. The number of amidine groups is 1. The van der Waals surface area contributed by atoms with Crippen molar-refractivity contribution in [3.63, 3.8) is 0 Å². The molecule has 10 nitrogen and oxygen atoms in total. The van der Waals surface area contributed by atoms with Crippen molar-refractivity contribution in [3.05, 3.63) is 149 Å². The van der Waals surface area contributed by atoms with Crippen molar-refractivity contribution in [1.29, 1.82) is 0 Å². The van der Waals surface area contributed by atoms with Gasteiger partial charge in [-0.2, -0.15) is 0 Å². The number of rotatable bonds is 2. The smallest absolute Gasteiger partial charge is 0.263 e. The van der Waals surface area contributed by atoms with Crippen LogP contribution in [0.25, 0.3) is 23.8 Å². The number of hydrogen-bond donors (Lipinski definition) is 3. The van der Waals surface area contributed by atoms with E-state index in [2.05, 4.69) is 15.0 Å². The number of aliphatic imine (C=N–C) groups is 1. The number of allylic oxidation sites excluding steroid dienone is 8. The van der Waals surface area contributed by atoms with Gasteiger partial charge in [-0.25, -0.2) is 33.4 Å². The van der Waals surface area contributed by atoms with Gasteiger partial charge in [0.1, 0.15) is 38.5 Å². The summed E-state index contributed by atoms with van der Waals surface area (Å²) in [6.07, 6.45) is 17.3. The highest BCUT2D eigenvalue weighted by Crippen LogP contribution is 2.35. The second kappa shape index (κ2) is 12.1. The molecule has 54 heavy (non-hydrogen) atoms. The molecule has 0 radical (unpaired) electrons. The number of fused-ring (bicyclic) bond motifs is 18. The first-order valence-corrected chi connectivity index (χ1v) is 20.3. The van der Waals surface area contributed by atoms with Gasteiger partial charge < -0.3 is 15.0 Å². The van der Waals surface area contributed by atoms with E-state index in [1.54, 1.807) is 36.4 Å². The third-order valence-corrected chi connectivity index (χ3v) is 12.5. The van der Waals surface area contributed by atoms with Crippen molar-refractivity contribution < 1.29 is 8.42 Å². The predicted molar refractivity (Wildman–Crippen MR) is 225 cm³/mol. The van der Waals surface area contributed by atoms with Crippen molar-refractivity contribution in [3.8, 4) is 0 Å². The zero-order valence-corrected chi connectivity index (χ0v) is 32.1. The molecule has 16 heteroatoms. The molecule has 0 fully saturated rings. The van der Waals surface area contributed by atoms with Crippen LogP contribution in [-0.4, -0.2) is 48.7 Å². The van der Waals surface area contributed by atoms with Crippen LogP contribution in [0, 0.1) is 0 Å². The summed E-state index contributed by atoms with van der Waals surface area (Å²) in [5.74, 6) is 1.36. The number of aromatic amines is 3. The molecule has 3 N–H and O–H groups in total. The minimum absolute atomic E-state index is 0.0200. The van der Waals surface area contributed by atoms with E-state index in [1.165, 1.54) is 0 Å². The summed E-state index contributed by atoms with van der Waals surface area (Å²) in [5.41, 5.74) is 6.47. The van der Waals surface area contributed by atoms with Crippen LogP contribution in [0.15, 0.2) is 114 Å². The molecular formula is C38H19ClN8O2S5. The molecule has 0 saturated carbocycles. The lowest BCUT2D eigenvalue weighted by Gasteiger charge is -2.16. The molecule has 10 rings (SSSR count). The summed E-state index contributed by atoms with van der Waals surface area (Å²) < 4.78 is 26.6. The van der Waals surface area contributed by atoms with Gasteiger partial charge in [0.25, 0.3) is 9.05 Å². The number of halogens is 1. The van der Waals surface area contributed by atoms with Crippen molar-refractivity contribution in [2.75, 3.05) is 0 Å². The molecular weight excluding hydrogens is 796 g/mol. The zero-order chi connectivity index (χ0) is 37.0. The van der Waals surface area contributed by atoms with Crippen molar-refractivity contribution in [2.45, 2.75) is 6.42 Å². The molecule has 0 unspecified atom stereocenters. The molecule has 5 heterocycles. The van der Waals surface area contributed by atoms with Crippen LogP contribution in [-0.2, 0) is 9.05 Å². The molecule has 260 valence electrons. The van der Waals surface area contributed by atoms with E-state index >= 15 is 0 Å². The Hall–Kier alpha value is -5.29. The predicted octanol–water partition coefficient (Wildman–Crippen LogP) is 4.01. The third-order valence-electron chi connectivity index (χ3n) is 9.50. The standard InChI is InChI=1S/C38H19ClN8O2S5/c39-54(48,49)30-20(16-7-2-1-3-8-16)15-21-28(29(30)53)38-45-33-19-11-6-13-23(51)26(19)36(44-33)41-31-17-9-4-12-22(50)25(17)35(40-31)42-32-18-10-5-14-24(52)27(18)37(43-32)46-34(21)47-38/h1-11,13-15H,12H2,(H,44,45)(H,46,47)(H,40,41,42,43). The van der Waals surface area contributed by atoms with Gasteiger partial charge in [-0.3, -0.25) is 0 Å². The highest BCUT2D eigenvalue weighted by molar-refractivity contribution is 8.18. The average molecular weight is 815 g/mol. The molecule has 0 spiro atoms. The maximum absolute atomic E-state index is 13.3. The quantitative estimate of drug-likeness (QED) is 0.206. The lowest BCUT2D eigenvalue weighted by molar-refractivity contribution is 0.616. The fraction of sp³-hybridized carbons (Fsp3) is 0.0263. The zero-order valence-electron chi connectivity index (χ0n) is 27.3. The summed E-state index contributed by atoms with van der Waals surface area (Å²) in [6, 6.07) is 9.02. The summed E-state index contributed by atoms with van der Waals surface area (Å²) in [4.78, 5) is 36.8. The minimum atomic E-state index is -4.36. The Morgan fingerprint density at radius 2 is 1.43 bits per heavy atom. The molecule has 4 aromatic rings. The molecule has 4 aliphatic carbocycles. The van der Waals surface area contributed by atoms with E-state index < -0.39 is 9.05 Å². The third kappa shape index (κ3) is 5.07. The van der Waals surface area contributed by atoms with Crippen LogP contribution in [0.4, 0.5) is 11.6 Å². The van der Waals surface area contributed by atoms with E-state index in [0.29, 0.717) is 104 Å². The average Bonchev–Trinajstić information content (AvgIpc) is 3.88. The molecule has 1 aromatic carbocycles. The van der Waals surface area contributed by atoms with Gasteiger partial charge in [0.15, 0.2) is 11.7 Å². The Balaban J connectivity index is 1.39. The number of aromatic nitrogens is 3. The largest absolute Gasteiger partial charge is 0.324 e. The first-order chi connectivity index (χ1) is 26.0. The van der Waals surface area contributed by atoms with Crippen LogP contribution in [0.5, 0.6) is 0 Å². The first-order valence-electron chi connectivity index (χ1n) is 16.4. The van der Waals surface area contributed by atoms with Crippen molar-refractivity contribution >= 4 is 129 Å². The summed E-state index contributed by atoms with van der Waals surface area (Å²) in [6.45, 7) is 0. The maximum Gasteiger partial charge on any atom is 0.263 e. The number of hydrogen-bond acceptors (Lipinski definition) is 11. The first kappa shape index (κ1) is 33.3. The topological polar surface area (TPSA) is 143 Å². The van der Waals surface area contributed by atoms with E-state index in [0.717, 1.165) is 11.1 Å². The Morgan fingerprint density at radius 3 is 2.22 bits per heavy atom. The lowest BCUT2D eigenvalue weighted by atomic mass is 9.96. The molecule has 3 aromatic heterocycles. The molecule has 0 amide bonds. The monoisotopic (exact) mass is 814 g/mol. The molecule has 2 aliphatic heterocycles. The van der Waals surface area contributed by atoms with Crippen LogP contribution < -0.4 is 32.4 Å². The summed E-state index contributed by atoms with van der Waals surface area (Å²) >= 11 is 23.5. The Morgan fingerprint density at radius 1 is 0.704 bits per heavy atom. The van der Waals surface area contributed by atoms with Gasteiger partial charge in [0.05, 0.1) is 4.86 Å².